The number of likely N-dealkylation sites (tertiary alicyclic amines) is 2. The Bertz CT molecular complexity index is 1460. The van der Waals surface area contributed by atoms with Crippen molar-refractivity contribution in [3.63, 3.8) is 0 Å². The average molecular weight is 525 g/mol. The first-order valence-corrected chi connectivity index (χ1v) is 14.0. The van der Waals surface area contributed by atoms with Crippen molar-refractivity contribution in [1.29, 1.82) is 0 Å². The molecule has 0 saturated carbocycles. The van der Waals surface area contributed by atoms with E-state index in [4.69, 9.17) is 4.74 Å². The second-order valence-electron chi connectivity index (χ2n) is 10.9. The predicted molar refractivity (Wildman–Crippen MR) is 155 cm³/mol. The highest BCUT2D eigenvalue weighted by atomic mass is 16.5. The molecule has 0 bridgehead atoms. The zero-order valence-corrected chi connectivity index (χ0v) is 23.0. The second kappa shape index (κ2) is 10.4. The van der Waals surface area contributed by atoms with Gasteiger partial charge in [0.25, 0.3) is 11.8 Å². The number of carbonyl (C=O) groups excluding carboxylic acids is 2. The van der Waals surface area contributed by atoms with Crippen molar-refractivity contribution < 1.29 is 14.3 Å². The summed E-state index contributed by atoms with van der Waals surface area (Å²) in [7, 11) is 1.65. The van der Waals surface area contributed by atoms with Gasteiger partial charge in [-0.1, -0.05) is 24.3 Å². The molecule has 2 saturated heterocycles. The van der Waals surface area contributed by atoms with Crippen LogP contribution < -0.4 is 10.1 Å². The molecule has 7 heteroatoms. The van der Waals surface area contributed by atoms with Crippen molar-refractivity contribution in [1.82, 2.24) is 14.8 Å². The molecule has 4 heterocycles. The van der Waals surface area contributed by atoms with Gasteiger partial charge in [0.1, 0.15) is 5.75 Å². The maximum atomic E-state index is 13.7. The van der Waals surface area contributed by atoms with Crippen LogP contribution in [0.2, 0.25) is 0 Å². The van der Waals surface area contributed by atoms with Crippen LogP contribution in [0.1, 0.15) is 58.6 Å². The van der Waals surface area contributed by atoms with Gasteiger partial charge in [0.2, 0.25) is 0 Å². The number of aryl methyl sites for hydroxylation is 1. The number of anilines is 1. The van der Waals surface area contributed by atoms with Crippen molar-refractivity contribution >= 4 is 29.2 Å². The Kier molecular flexibility index (Phi) is 6.77. The zero-order valence-electron chi connectivity index (χ0n) is 23.0. The number of carbonyl (C=O) groups is 2. The topological polar surface area (TPSA) is 77.7 Å². The number of amides is 2. The Balaban J connectivity index is 1.30. The summed E-state index contributed by atoms with van der Waals surface area (Å²) in [6.45, 7) is 7.90. The summed E-state index contributed by atoms with van der Waals surface area (Å²) in [6.07, 6.45) is 6.55. The molecular formula is C32H36N4O3. The Labute approximate surface area is 229 Å². The van der Waals surface area contributed by atoms with Crippen LogP contribution >= 0.6 is 0 Å². The van der Waals surface area contributed by atoms with E-state index in [1.165, 1.54) is 25.9 Å². The standard InChI is InChI=1S/C32H36N4O3/c1-20-28(33-21(2)29(20)32(38)36-16-12-23(13-17-36)35-14-4-5-15-35)19-26-30-25(10-7-11-27(30)34-31(26)37)22-8-6-9-24(18-22)39-3/h6-11,18-19,23,33H,4-5,12-17H2,1-3H3,(H,34,37). The van der Waals surface area contributed by atoms with E-state index in [2.05, 4.69) is 15.2 Å². The number of H-pyrrole nitrogens is 1. The second-order valence-corrected chi connectivity index (χ2v) is 10.9. The summed E-state index contributed by atoms with van der Waals surface area (Å²) in [6, 6.07) is 14.3. The van der Waals surface area contributed by atoms with Crippen LogP contribution in [0.3, 0.4) is 0 Å². The van der Waals surface area contributed by atoms with Crippen molar-refractivity contribution in [2.45, 2.75) is 45.6 Å². The number of fused-ring (bicyclic) bond motifs is 1. The number of nitrogens with one attached hydrogen (secondary N) is 2. The molecule has 3 aliphatic heterocycles. The van der Waals surface area contributed by atoms with Crippen LogP contribution in [0.5, 0.6) is 5.75 Å². The minimum Gasteiger partial charge on any atom is -0.497 e. The lowest BCUT2D eigenvalue weighted by Gasteiger charge is -2.36. The number of benzene rings is 2. The van der Waals surface area contributed by atoms with Gasteiger partial charge in [0.15, 0.2) is 0 Å². The van der Waals surface area contributed by atoms with Crippen LogP contribution in [-0.2, 0) is 4.79 Å². The summed E-state index contributed by atoms with van der Waals surface area (Å²) < 4.78 is 5.43. The molecule has 2 aromatic carbocycles. The van der Waals surface area contributed by atoms with Crippen LogP contribution in [0.25, 0.3) is 22.8 Å². The van der Waals surface area contributed by atoms with Crippen LogP contribution in [0, 0.1) is 13.8 Å². The van der Waals surface area contributed by atoms with Gasteiger partial charge in [0, 0.05) is 41.8 Å². The molecule has 3 aliphatic rings. The summed E-state index contributed by atoms with van der Waals surface area (Å²) in [5, 5.41) is 3.02. The molecule has 2 amide bonds. The molecule has 0 aliphatic carbocycles. The number of hydrogen-bond acceptors (Lipinski definition) is 4. The van der Waals surface area contributed by atoms with Gasteiger partial charge >= 0.3 is 0 Å². The molecule has 0 unspecified atom stereocenters. The molecule has 2 N–H and O–H groups in total. The Morgan fingerprint density at radius 2 is 1.77 bits per heavy atom. The molecule has 6 rings (SSSR count). The molecule has 202 valence electrons. The first-order valence-electron chi connectivity index (χ1n) is 14.0. The van der Waals surface area contributed by atoms with Gasteiger partial charge in [-0.2, -0.15) is 0 Å². The van der Waals surface area contributed by atoms with E-state index >= 15 is 0 Å². The third kappa shape index (κ3) is 4.65. The molecular weight excluding hydrogens is 488 g/mol. The van der Waals surface area contributed by atoms with Crippen molar-refractivity contribution in [2.24, 2.45) is 0 Å². The van der Waals surface area contributed by atoms with E-state index in [1.807, 2.05) is 67.3 Å². The molecule has 0 atom stereocenters. The van der Waals surface area contributed by atoms with Gasteiger partial charge in [-0.05, 0) is 93.6 Å². The van der Waals surface area contributed by atoms with Crippen LogP contribution in [0.4, 0.5) is 5.69 Å². The highest BCUT2D eigenvalue weighted by molar-refractivity contribution is 6.36. The average Bonchev–Trinajstić information content (AvgIpc) is 3.67. The highest BCUT2D eigenvalue weighted by Crippen LogP contribution is 2.41. The van der Waals surface area contributed by atoms with Gasteiger partial charge in [-0.3, -0.25) is 9.59 Å². The lowest BCUT2D eigenvalue weighted by atomic mass is 9.94. The normalized spacial score (nSPS) is 19.0. The van der Waals surface area contributed by atoms with E-state index in [0.717, 1.165) is 76.6 Å². The number of methoxy groups -OCH3 is 1. The van der Waals surface area contributed by atoms with Crippen LogP contribution in [0.15, 0.2) is 42.5 Å². The largest absolute Gasteiger partial charge is 0.497 e. The lowest BCUT2D eigenvalue weighted by molar-refractivity contribution is -0.110. The summed E-state index contributed by atoms with van der Waals surface area (Å²) in [5.41, 5.74) is 7.39. The summed E-state index contributed by atoms with van der Waals surface area (Å²) in [4.78, 5) is 34.8. The van der Waals surface area contributed by atoms with Crippen molar-refractivity contribution in [3.05, 3.63) is 70.5 Å². The first kappa shape index (κ1) is 25.4. The molecule has 39 heavy (non-hydrogen) atoms. The van der Waals surface area contributed by atoms with E-state index in [0.29, 0.717) is 11.6 Å². The minimum absolute atomic E-state index is 0.0825. The van der Waals surface area contributed by atoms with Gasteiger partial charge in [0.05, 0.1) is 18.2 Å². The number of nitrogens with zero attached hydrogens (tertiary/aromatic N) is 2. The van der Waals surface area contributed by atoms with Gasteiger partial charge < -0.3 is 24.8 Å². The number of aromatic nitrogens is 1. The minimum atomic E-state index is -0.149. The zero-order chi connectivity index (χ0) is 27.1. The number of ether oxygens (including phenoxy) is 1. The fourth-order valence-corrected chi connectivity index (χ4v) is 6.50. The molecule has 0 spiro atoms. The van der Waals surface area contributed by atoms with E-state index in [1.54, 1.807) is 7.11 Å². The molecule has 0 radical (unpaired) electrons. The third-order valence-electron chi connectivity index (χ3n) is 8.59. The number of aromatic amines is 1. The quantitative estimate of drug-likeness (QED) is 0.432. The maximum absolute atomic E-state index is 13.7. The van der Waals surface area contributed by atoms with Crippen molar-refractivity contribution in [3.8, 4) is 16.9 Å². The van der Waals surface area contributed by atoms with Gasteiger partial charge in [-0.15, -0.1) is 0 Å². The monoisotopic (exact) mass is 524 g/mol. The van der Waals surface area contributed by atoms with Gasteiger partial charge in [-0.25, -0.2) is 0 Å². The summed E-state index contributed by atoms with van der Waals surface area (Å²) in [5.74, 6) is 0.694. The van der Waals surface area contributed by atoms with E-state index in [-0.39, 0.29) is 11.8 Å². The number of hydrogen-bond donors (Lipinski definition) is 2. The first-order chi connectivity index (χ1) is 18.9. The third-order valence-corrected chi connectivity index (χ3v) is 8.59. The van der Waals surface area contributed by atoms with E-state index in [9.17, 15) is 9.59 Å². The molecule has 7 nitrogen and oxygen atoms in total. The van der Waals surface area contributed by atoms with Crippen molar-refractivity contribution in [2.75, 3.05) is 38.6 Å². The SMILES string of the molecule is COc1cccc(-c2cccc3c2C(=Cc2[nH]c(C)c(C(=O)N4CCC(N5CCCC5)CC4)c2C)C(=O)N3)c1. The Morgan fingerprint density at radius 3 is 2.51 bits per heavy atom. The maximum Gasteiger partial charge on any atom is 0.256 e. The number of piperidine rings is 1. The predicted octanol–water partition coefficient (Wildman–Crippen LogP) is 5.50. The fourth-order valence-electron chi connectivity index (χ4n) is 6.50. The highest BCUT2D eigenvalue weighted by Gasteiger charge is 2.32. The summed E-state index contributed by atoms with van der Waals surface area (Å²) >= 11 is 0. The van der Waals surface area contributed by atoms with E-state index < -0.39 is 0 Å². The molecule has 1 aromatic heterocycles. The molecule has 2 fully saturated rings. The Hall–Kier alpha value is -3.84. The fraction of sp³-hybridized carbons (Fsp3) is 0.375. The lowest BCUT2D eigenvalue weighted by Crippen LogP contribution is -2.46. The number of rotatable bonds is 5. The van der Waals surface area contributed by atoms with Crippen LogP contribution in [-0.4, -0.2) is 65.9 Å². The Morgan fingerprint density at radius 1 is 1.03 bits per heavy atom. The smallest absolute Gasteiger partial charge is 0.256 e. The molecule has 3 aromatic rings.